The average Bonchev–Trinajstić information content (AvgIpc) is 3.30. The maximum Gasteiger partial charge on any atom is 0.272 e. The summed E-state index contributed by atoms with van der Waals surface area (Å²) in [7, 11) is 1.80. The molecular formula is C24H21F2N5O2S. The van der Waals surface area contributed by atoms with Crippen molar-refractivity contribution in [2.45, 2.75) is 19.5 Å². The predicted octanol–water partition coefficient (Wildman–Crippen LogP) is 3.84. The van der Waals surface area contributed by atoms with Crippen LogP contribution in [0.2, 0.25) is 0 Å². The van der Waals surface area contributed by atoms with Crippen LogP contribution in [0.4, 0.5) is 8.78 Å². The summed E-state index contributed by atoms with van der Waals surface area (Å²) in [6.07, 6.45) is 1.25. The molecule has 0 aliphatic heterocycles. The largest absolute Gasteiger partial charge is 0.343 e. The topological polar surface area (TPSA) is 88.9 Å². The number of nitrogens with one attached hydrogen (secondary N) is 2. The lowest BCUT2D eigenvalue weighted by atomic mass is 10.1. The Bertz CT molecular complexity index is 1400. The first-order valence-corrected chi connectivity index (χ1v) is 11.2. The van der Waals surface area contributed by atoms with Crippen LogP contribution in [0.25, 0.3) is 16.1 Å². The smallest absolute Gasteiger partial charge is 0.272 e. The van der Waals surface area contributed by atoms with Crippen LogP contribution in [0.15, 0.2) is 65.6 Å². The van der Waals surface area contributed by atoms with Gasteiger partial charge in [-0.05, 0) is 55.9 Å². The SMILES string of the molecule is CNCc1cccc(F)c1-c1ccc([C@@H](C)NC(=O)c2ccc(=O)n(-c3cccnc3F)n2)s1. The van der Waals surface area contributed by atoms with Gasteiger partial charge in [0.15, 0.2) is 0 Å². The Morgan fingerprint density at radius 2 is 1.94 bits per heavy atom. The molecule has 0 saturated heterocycles. The van der Waals surface area contributed by atoms with E-state index < -0.39 is 23.5 Å². The number of hydrogen-bond donors (Lipinski definition) is 2. The second kappa shape index (κ2) is 10.0. The minimum atomic E-state index is -0.875. The van der Waals surface area contributed by atoms with Gasteiger partial charge in [-0.3, -0.25) is 9.59 Å². The molecule has 3 aromatic heterocycles. The van der Waals surface area contributed by atoms with E-state index in [1.807, 2.05) is 18.2 Å². The minimum Gasteiger partial charge on any atom is -0.343 e. The fourth-order valence-electron chi connectivity index (χ4n) is 3.48. The number of amides is 1. The number of aromatic nitrogens is 3. The summed E-state index contributed by atoms with van der Waals surface area (Å²) in [4.78, 5) is 30.1. The zero-order chi connectivity index (χ0) is 24.2. The lowest BCUT2D eigenvalue weighted by molar-refractivity contribution is 0.0933. The van der Waals surface area contributed by atoms with Crippen molar-refractivity contribution < 1.29 is 13.6 Å². The van der Waals surface area contributed by atoms with Crippen LogP contribution in [0, 0.1) is 11.8 Å². The van der Waals surface area contributed by atoms with Crippen LogP contribution in [0.1, 0.15) is 33.9 Å². The number of halogens is 2. The zero-order valence-corrected chi connectivity index (χ0v) is 19.2. The molecule has 1 atom stereocenters. The number of nitrogens with zero attached hydrogens (tertiary/aromatic N) is 3. The lowest BCUT2D eigenvalue weighted by Crippen LogP contribution is -2.30. The van der Waals surface area contributed by atoms with Crippen molar-refractivity contribution in [1.82, 2.24) is 25.4 Å². The van der Waals surface area contributed by atoms with Gasteiger partial charge in [-0.1, -0.05) is 12.1 Å². The van der Waals surface area contributed by atoms with Gasteiger partial charge in [-0.15, -0.1) is 11.3 Å². The van der Waals surface area contributed by atoms with Gasteiger partial charge in [0.05, 0.1) is 6.04 Å². The molecule has 0 aliphatic rings. The summed E-state index contributed by atoms with van der Waals surface area (Å²) in [5.74, 6) is -1.73. The number of carbonyl (C=O) groups excluding carboxylic acids is 1. The van der Waals surface area contributed by atoms with Gasteiger partial charge in [0, 0.05) is 34.1 Å². The summed E-state index contributed by atoms with van der Waals surface area (Å²) in [6.45, 7) is 2.31. The van der Waals surface area contributed by atoms with Crippen molar-refractivity contribution in [3.05, 3.63) is 99.0 Å². The molecule has 4 rings (SSSR count). The Morgan fingerprint density at radius 3 is 2.71 bits per heavy atom. The summed E-state index contributed by atoms with van der Waals surface area (Å²) < 4.78 is 29.4. The fraction of sp³-hybridized carbons (Fsp3) is 0.167. The standard InChI is InChI=1S/C24H21F2N5O2S/c1-14(19-9-10-20(34-19)22-15(13-27-2)5-3-6-16(22)25)29-24(33)17-8-11-21(32)31(30-17)18-7-4-12-28-23(18)26/h3-12,14,27H,13H2,1-2H3,(H,29,33)/t14-/m1/s1. The molecule has 0 bridgehead atoms. The predicted molar refractivity (Wildman–Crippen MR) is 126 cm³/mol. The maximum atomic E-state index is 14.6. The molecule has 0 unspecified atom stereocenters. The minimum absolute atomic E-state index is 0.0584. The van der Waals surface area contributed by atoms with E-state index in [4.69, 9.17) is 0 Å². The molecule has 3 heterocycles. The van der Waals surface area contributed by atoms with E-state index in [0.717, 1.165) is 26.1 Å². The van der Waals surface area contributed by atoms with E-state index in [2.05, 4.69) is 20.7 Å². The number of hydrogen-bond acceptors (Lipinski definition) is 6. The normalized spacial score (nSPS) is 11.9. The number of thiophene rings is 1. The molecule has 0 aliphatic carbocycles. The lowest BCUT2D eigenvalue weighted by Gasteiger charge is -2.13. The Hall–Kier alpha value is -3.76. The third-order valence-corrected chi connectivity index (χ3v) is 6.40. The Morgan fingerprint density at radius 1 is 1.12 bits per heavy atom. The Labute approximate surface area is 198 Å². The maximum absolute atomic E-state index is 14.6. The third-order valence-electron chi connectivity index (χ3n) is 5.12. The molecule has 0 fully saturated rings. The van der Waals surface area contributed by atoms with E-state index in [-0.39, 0.29) is 17.2 Å². The first-order valence-electron chi connectivity index (χ1n) is 10.4. The quantitative estimate of drug-likeness (QED) is 0.392. The van der Waals surface area contributed by atoms with Crippen molar-refractivity contribution in [3.63, 3.8) is 0 Å². The van der Waals surface area contributed by atoms with Crippen LogP contribution in [-0.2, 0) is 6.54 Å². The second-order valence-corrected chi connectivity index (χ2v) is 8.60. The highest BCUT2D eigenvalue weighted by atomic mass is 32.1. The van der Waals surface area contributed by atoms with Gasteiger partial charge >= 0.3 is 0 Å². The first kappa shape index (κ1) is 23.4. The van der Waals surface area contributed by atoms with Crippen LogP contribution < -0.4 is 16.2 Å². The number of pyridine rings is 1. The van der Waals surface area contributed by atoms with Gasteiger partial charge in [0.1, 0.15) is 17.2 Å². The van der Waals surface area contributed by atoms with E-state index in [1.54, 1.807) is 20.0 Å². The molecule has 7 nitrogen and oxygen atoms in total. The second-order valence-electron chi connectivity index (χ2n) is 7.48. The van der Waals surface area contributed by atoms with Gasteiger partial charge < -0.3 is 10.6 Å². The van der Waals surface area contributed by atoms with Gasteiger partial charge in [0.2, 0.25) is 5.95 Å². The van der Waals surface area contributed by atoms with E-state index in [9.17, 15) is 18.4 Å². The van der Waals surface area contributed by atoms with E-state index in [0.29, 0.717) is 12.1 Å². The highest BCUT2D eigenvalue weighted by Crippen LogP contribution is 2.35. The van der Waals surface area contributed by atoms with Crippen molar-refractivity contribution in [2.75, 3.05) is 7.05 Å². The highest BCUT2D eigenvalue weighted by Gasteiger charge is 2.19. The molecule has 0 saturated carbocycles. The van der Waals surface area contributed by atoms with Crippen molar-refractivity contribution in [2.24, 2.45) is 0 Å². The third kappa shape index (κ3) is 4.78. The van der Waals surface area contributed by atoms with Crippen LogP contribution in [0.3, 0.4) is 0 Å². The monoisotopic (exact) mass is 481 g/mol. The molecule has 10 heteroatoms. The van der Waals surface area contributed by atoms with E-state index in [1.165, 1.54) is 41.8 Å². The molecular weight excluding hydrogens is 460 g/mol. The van der Waals surface area contributed by atoms with Gasteiger partial charge in [0.25, 0.3) is 11.5 Å². The number of benzene rings is 1. The molecule has 34 heavy (non-hydrogen) atoms. The Balaban J connectivity index is 1.56. The zero-order valence-electron chi connectivity index (χ0n) is 18.4. The van der Waals surface area contributed by atoms with Crippen molar-refractivity contribution >= 4 is 17.2 Å². The summed E-state index contributed by atoms with van der Waals surface area (Å²) in [5, 5.41) is 9.87. The summed E-state index contributed by atoms with van der Waals surface area (Å²) in [6, 6.07) is 13.4. The first-order chi connectivity index (χ1) is 16.4. The number of rotatable bonds is 7. The Kier molecular flexibility index (Phi) is 6.90. The molecule has 0 spiro atoms. The summed E-state index contributed by atoms with van der Waals surface area (Å²) >= 11 is 1.37. The molecule has 1 aromatic carbocycles. The molecule has 174 valence electrons. The van der Waals surface area contributed by atoms with Crippen molar-refractivity contribution in [3.8, 4) is 16.1 Å². The van der Waals surface area contributed by atoms with Crippen LogP contribution in [-0.4, -0.2) is 27.7 Å². The fourth-order valence-corrected chi connectivity index (χ4v) is 4.58. The van der Waals surface area contributed by atoms with Crippen LogP contribution >= 0.6 is 11.3 Å². The van der Waals surface area contributed by atoms with E-state index >= 15 is 0 Å². The molecule has 1 amide bonds. The summed E-state index contributed by atoms with van der Waals surface area (Å²) in [5.41, 5.74) is 0.555. The molecule has 4 aromatic rings. The van der Waals surface area contributed by atoms with Crippen molar-refractivity contribution in [1.29, 1.82) is 0 Å². The molecule has 2 N–H and O–H groups in total. The average molecular weight is 482 g/mol. The van der Waals surface area contributed by atoms with Crippen LogP contribution in [0.5, 0.6) is 0 Å². The highest BCUT2D eigenvalue weighted by molar-refractivity contribution is 7.15. The molecule has 0 radical (unpaired) electrons. The number of carbonyl (C=O) groups is 1. The van der Waals surface area contributed by atoms with Gasteiger partial charge in [-0.25, -0.2) is 9.37 Å². The van der Waals surface area contributed by atoms with Gasteiger partial charge in [-0.2, -0.15) is 14.2 Å².